The molecule has 0 unspecified atom stereocenters. The Labute approximate surface area is 106 Å². The van der Waals surface area contributed by atoms with Gasteiger partial charge in [-0.2, -0.15) is 0 Å². The topological polar surface area (TPSA) is 35.2 Å². The van der Waals surface area contributed by atoms with Crippen LogP contribution in [-0.4, -0.2) is 7.11 Å². The van der Waals surface area contributed by atoms with Gasteiger partial charge in [0.05, 0.1) is 6.61 Å². The van der Waals surface area contributed by atoms with Crippen molar-refractivity contribution in [1.82, 2.24) is 0 Å². The first-order chi connectivity index (χ1) is 8.22. The predicted octanol–water partition coefficient (Wildman–Crippen LogP) is 3.74. The first-order valence-electron chi connectivity index (χ1n) is 5.34. The lowest BCUT2D eigenvalue weighted by molar-refractivity contribution is 0.185. The third-order valence-electron chi connectivity index (χ3n) is 2.59. The highest BCUT2D eigenvalue weighted by molar-refractivity contribution is 6.33. The van der Waals surface area contributed by atoms with Gasteiger partial charge in [0, 0.05) is 28.9 Å². The molecule has 0 bridgehead atoms. The molecule has 0 aromatic heterocycles. The Morgan fingerprint density at radius 2 is 1.88 bits per heavy atom. The minimum absolute atomic E-state index is 0.567. The summed E-state index contributed by atoms with van der Waals surface area (Å²) in [6.45, 7) is 0.567. The van der Waals surface area contributed by atoms with E-state index in [-0.39, 0.29) is 0 Å². The van der Waals surface area contributed by atoms with Crippen LogP contribution in [0.5, 0.6) is 0 Å². The van der Waals surface area contributed by atoms with Gasteiger partial charge < -0.3 is 10.5 Å². The van der Waals surface area contributed by atoms with E-state index in [1.165, 1.54) is 0 Å². The van der Waals surface area contributed by atoms with Gasteiger partial charge in [-0.3, -0.25) is 0 Å². The fraction of sp³-hybridized carbons (Fsp3) is 0.143. The van der Waals surface area contributed by atoms with Gasteiger partial charge in [0.25, 0.3) is 0 Å². The smallest absolute Gasteiger partial charge is 0.0713 e. The van der Waals surface area contributed by atoms with Crippen LogP contribution in [0.4, 0.5) is 5.69 Å². The van der Waals surface area contributed by atoms with E-state index in [4.69, 9.17) is 22.1 Å². The standard InChI is InChI=1S/C14H14ClNO/c1-17-9-10-6-7-14(16)12(8-10)11-4-2-3-5-13(11)15/h2-8H,9,16H2,1H3. The zero-order chi connectivity index (χ0) is 12.3. The number of methoxy groups -OCH3 is 1. The molecule has 0 radical (unpaired) electrons. The van der Waals surface area contributed by atoms with E-state index >= 15 is 0 Å². The zero-order valence-electron chi connectivity index (χ0n) is 9.61. The number of hydrogen-bond acceptors (Lipinski definition) is 2. The van der Waals surface area contributed by atoms with E-state index in [1.54, 1.807) is 7.11 Å². The molecule has 0 fully saturated rings. The molecule has 0 aliphatic heterocycles. The van der Waals surface area contributed by atoms with Crippen LogP contribution in [0.1, 0.15) is 5.56 Å². The summed E-state index contributed by atoms with van der Waals surface area (Å²) < 4.78 is 5.12. The molecule has 0 aliphatic carbocycles. The van der Waals surface area contributed by atoms with Gasteiger partial charge in [0.2, 0.25) is 0 Å². The SMILES string of the molecule is COCc1ccc(N)c(-c2ccccc2Cl)c1. The summed E-state index contributed by atoms with van der Waals surface area (Å²) >= 11 is 6.17. The fourth-order valence-corrected chi connectivity index (χ4v) is 2.01. The molecule has 0 heterocycles. The summed E-state index contributed by atoms with van der Waals surface area (Å²) in [4.78, 5) is 0. The first-order valence-corrected chi connectivity index (χ1v) is 5.72. The lowest BCUT2D eigenvalue weighted by Crippen LogP contribution is -1.94. The maximum absolute atomic E-state index is 6.17. The van der Waals surface area contributed by atoms with Gasteiger partial charge in [0.15, 0.2) is 0 Å². The number of benzene rings is 2. The molecule has 0 spiro atoms. The van der Waals surface area contributed by atoms with E-state index < -0.39 is 0 Å². The van der Waals surface area contributed by atoms with Crippen molar-refractivity contribution in [3.63, 3.8) is 0 Å². The molecule has 0 atom stereocenters. The highest BCUT2D eigenvalue weighted by Gasteiger charge is 2.07. The van der Waals surface area contributed by atoms with Crippen molar-refractivity contribution in [2.45, 2.75) is 6.61 Å². The second kappa shape index (κ2) is 5.21. The molecule has 3 heteroatoms. The highest BCUT2D eigenvalue weighted by Crippen LogP contribution is 2.32. The molecule has 88 valence electrons. The lowest BCUT2D eigenvalue weighted by atomic mass is 10.0. The number of nitrogens with two attached hydrogens (primary N) is 1. The maximum atomic E-state index is 6.17. The molecular weight excluding hydrogens is 234 g/mol. The van der Waals surface area contributed by atoms with Crippen LogP contribution in [0.3, 0.4) is 0 Å². The molecule has 2 aromatic rings. The van der Waals surface area contributed by atoms with Crippen molar-refractivity contribution in [1.29, 1.82) is 0 Å². The summed E-state index contributed by atoms with van der Waals surface area (Å²) in [5.41, 5.74) is 9.69. The van der Waals surface area contributed by atoms with Crippen LogP contribution in [0.2, 0.25) is 5.02 Å². The van der Waals surface area contributed by atoms with Gasteiger partial charge in [-0.1, -0.05) is 35.9 Å². The second-order valence-electron chi connectivity index (χ2n) is 3.83. The fourth-order valence-electron chi connectivity index (χ4n) is 1.77. The van der Waals surface area contributed by atoms with Crippen molar-refractivity contribution >= 4 is 17.3 Å². The Kier molecular flexibility index (Phi) is 3.67. The summed E-state index contributed by atoms with van der Waals surface area (Å²) in [5, 5.41) is 0.703. The van der Waals surface area contributed by atoms with E-state index in [1.807, 2.05) is 42.5 Å². The molecule has 2 aromatic carbocycles. The molecule has 0 aliphatic rings. The average Bonchev–Trinajstić information content (AvgIpc) is 2.33. The largest absolute Gasteiger partial charge is 0.398 e. The third-order valence-corrected chi connectivity index (χ3v) is 2.92. The van der Waals surface area contributed by atoms with E-state index in [2.05, 4.69) is 0 Å². The Hall–Kier alpha value is -1.51. The summed E-state index contributed by atoms with van der Waals surface area (Å²) in [7, 11) is 1.67. The Balaban J connectivity index is 2.51. The van der Waals surface area contributed by atoms with Crippen molar-refractivity contribution < 1.29 is 4.74 Å². The molecule has 0 saturated carbocycles. The van der Waals surface area contributed by atoms with Crippen molar-refractivity contribution in [2.24, 2.45) is 0 Å². The van der Waals surface area contributed by atoms with Crippen LogP contribution >= 0.6 is 11.6 Å². The normalized spacial score (nSPS) is 10.5. The summed E-state index contributed by atoms with van der Waals surface area (Å²) in [6, 6.07) is 13.5. The van der Waals surface area contributed by atoms with Gasteiger partial charge in [-0.25, -0.2) is 0 Å². The number of anilines is 1. The maximum Gasteiger partial charge on any atom is 0.0713 e. The third kappa shape index (κ3) is 2.60. The van der Waals surface area contributed by atoms with Crippen molar-refractivity contribution in [2.75, 3.05) is 12.8 Å². The molecule has 0 saturated heterocycles. The Morgan fingerprint density at radius 3 is 2.59 bits per heavy atom. The van der Waals surface area contributed by atoms with E-state index in [0.717, 1.165) is 22.4 Å². The summed E-state index contributed by atoms with van der Waals surface area (Å²) in [5.74, 6) is 0. The minimum atomic E-state index is 0.567. The molecule has 2 rings (SSSR count). The number of nitrogen functional groups attached to an aromatic ring is 1. The molecular formula is C14H14ClNO. The number of rotatable bonds is 3. The van der Waals surface area contributed by atoms with Gasteiger partial charge in [-0.15, -0.1) is 0 Å². The van der Waals surface area contributed by atoms with Crippen LogP contribution in [-0.2, 0) is 11.3 Å². The van der Waals surface area contributed by atoms with Crippen molar-refractivity contribution in [3.8, 4) is 11.1 Å². The number of ether oxygens (including phenoxy) is 1. The Bertz CT molecular complexity index is 525. The van der Waals surface area contributed by atoms with Crippen LogP contribution in [0, 0.1) is 0 Å². The molecule has 17 heavy (non-hydrogen) atoms. The molecule has 2 nitrogen and oxygen atoms in total. The van der Waals surface area contributed by atoms with Gasteiger partial charge in [-0.05, 0) is 23.8 Å². The number of hydrogen-bond donors (Lipinski definition) is 1. The zero-order valence-corrected chi connectivity index (χ0v) is 10.4. The average molecular weight is 248 g/mol. The van der Waals surface area contributed by atoms with E-state index in [9.17, 15) is 0 Å². The van der Waals surface area contributed by atoms with Gasteiger partial charge >= 0.3 is 0 Å². The second-order valence-corrected chi connectivity index (χ2v) is 4.24. The highest BCUT2D eigenvalue weighted by atomic mass is 35.5. The summed E-state index contributed by atoms with van der Waals surface area (Å²) in [6.07, 6.45) is 0. The predicted molar refractivity (Wildman–Crippen MR) is 72.0 cm³/mol. The van der Waals surface area contributed by atoms with Gasteiger partial charge in [0.1, 0.15) is 0 Å². The lowest BCUT2D eigenvalue weighted by Gasteiger charge is -2.10. The minimum Gasteiger partial charge on any atom is -0.398 e. The molecule has 0 amide bonds. The monoisotopic (exact) mass is 247 g/mol. The molecule has 2 N–H and O–H groups in total. The Morgan fingerprint density at radius 1 is 1.12 bits per heavy atom. The first kappa shape index (κ1) is 12.0. The van der Waals surface area contributed by atoms with Crippen LogP contribution in [0.25, 0.3) is 11.1 Å². The van der Waals surface area contributed by atoms with E-state index in [0.29, 0.717) is 11.6 Å². The van der Waals surface area contributed by atoms with Crippen LogP contribution in [0.15, 0.2) is 42.5 Å². The van der Waals surface area contributed by atoms with Crippen molar-refractivity contribution in [3.05, 3.63) is 53.1 Å². The quantitative estimate of drug-likeness (QED) is 0.839. The number of halogens is 1. The van der Waals surface area contributed by atoms with Crippen LogP contribution < -0.4 is 5.73 Å².